The van der Waals surface area contributed by atoms with Crippen LogP contribution in [0.2, 0.25) is 0 Å². The molecule has 0 fully saturated rings. The topological polar surface area (TPSA) is 26.0 Å². The zero-order valence-corrected chi connectivity index (χ0v) is 8.24. The van der Waals surface area contributed by atoms with E-state index < -0.39 is 0 Å². The van der Waals surface area contributed by atoms with Gasteiger partial charge in [0.05, 0.1) is 0 Å². The molecule has 10 heavy (non-hydrogen) atoms. The van der Waals surface area contributed by atoms with Gasteiger partial charge >= 0.3 is 45.1 Å². The largest absolute Gasteiger partial charge is 0 e. The molecule has 3 heteroatoms. The fourth-order valence-electron chi connectivity index (χ4n) is 0.416. The predicted octanol–water partition coefficient (Wildman–Crippen LogP) is 1.34. The van der Waals surface area contributed by atoms with Gasteiger partial charge in [0.15, 0.2) is 0 Å². The van der Waals surface area contributed by atoms with Gasteiger partial charge in [0.1, 0.15) is 0 Å². The van der Waals surface area contributed by atoms with Crippen molar-refractivity contribution in [2.75, 3.05) is 6.54 Å². The molecule has 0 aromatic heterocycles. The average Bonchev–Trinajstić information content (AvgIpc) is 2.20. The van der Waals surface area contributed by atoms with Crippen LogP contribution in [0.5, 0.6) is 0 Å². The van der Waals surface area contributed by atoms with E-state index in [1.165, 1.54) is 4.47 Å². The quantitative estimate of drug-likeness (QED) is 0.613. The Balaban J connectivity index is 0. The van der Waals surface area contributed by atoms with Crippen LogP contribution >= 0.6 is 0 Å². The molecule has 1 aliphatic rings. The molecule has 0 aromatic carbocycles. The fraction of sp³-hybridized carbons (Fsp3) is 0.429. The Bertz CT molecular complexity index is 121. The molecular weight excluding hydrogens is 209 g/mol. The Kier molecular flexibility index (Phi) is 12.4. The van der Waals surface area contributed by atoms with Crippen molar-refractivity contribution in [2.45, 2.75) is 13.3 Å². The smallest absolute Gasteiger partial charge is 0 e. The van der Waals surface area contributed by atoms with Gasteiger partial charge in [-0.15, -0.1) is 0 Å². The number of hydrogen-bond acceptors (Lipinski definition) is 1. The zero-order chi connectivity index (χ0) is 7.11. The molecule has 0 aliphatic heterocycles. The van der Waals surface area contributed by atoms with Crippen molar-refractivity contribution in [3.05, 3.63) is 22.7 Å². The van der Waals surface area contributed by atoms with E-state index in [1.54, 1.807) is 0 Å². The second-order valence-corrected chi connectivity index (χ2v) is 2.35. The van der Waals surface area contributed by atoms with Crippen LogP contribution in [-0.4, -0.2) is 6.54 Å². The molecule has 2 N–H and O–H groups in total. The third-order valence-corrected chi connectivity index (χ3v) is 1.13. The maximum atomic E-state index is 4.85. The van der Waals surface area contributed by atoms with Crippen LogP contribution < -0.4 is 5.73 Å². The summed E-state index contributed by atoms with van der Waals surface area (Å²) < 4.78 is 1.22. The molecule has 0 heterocycles. The van der Waals surface area contributed by atoms with E-state index in [0.717, 1.165) is 13.0 Å². The van der Waals surface area contributed by atoms with Crippen molar-refractivity contribution in [1.82, 2.24) is 0 Å². The predicted molar refractivity (Wildman–Crippen MR) is 36.6 cm³/mol. The minimum atomic E-state index is 0. The second kappa shape index (κ2) is 9.48. The van der Waals surface area contributed by atoms with Gasteiger partial charge < -0.3 is 5.73 Å². The van der Waals surface area contributed by atoms with Crippen LogP contribution in [-0.2, 0) is 33.1 Å². The van der Waals surface area contributed by atoms with Crippen molar-refractivity contribution < 1.29 is 33.1 Å². The van der Waals surface area contributed by atoms with Crippen molar-refractivity contribution >= 4 is 0 Å². The van der Waals surface area contributed by atoms with Gasteiger partial charge in [-0.2, -0.15) is 0 Å². The Labute approximate surface area is 81.4 Å². The van der Waals surface area contributed by atoms with Crippen LogP contribution in [0.25, 0.3) is 0 Å². The molecule has 0 amide bonds. The van der Waals surface area contributed by atoms with Gasteiger partial charge in [-0.1, -0.05) is 6.92 Å². The molecule has 0 saturated carbocycles. The van der Waals surface area contributed by atoms with E-state index in [0.29, 0.717) is 0 Å². The van der Waals surface area contributed by atoms with Crippen molar-refractivity contribution in [3.63, 3.8) is 0 Å². The summed E-state index contributed by atoms with van der Waals surface area (Å²) in [5.74, 6) is 0. The molecular formula is C7H12FeMnN. The van der Waals surface area contributed by atoms with Crippen molar-refractivity contribution in [3.8, 4) is 0 Å². The normalized spacial score (nSPS) is 12.9. The van der Waals surface area contributed by atoms with E-state index >= 15 is 0 Å². The van der Waals surface area contributed by atoms with Gasteiger partial charge in [0.2, 0.25) is 0 Å². The summed E-state index contributed by atoms with van der Waals surface area (Å²) in [5, 5.41) is 0. The standard InChI is InChI=1S/C5H5.C2H7N.Fe.Mn/c1-2-4-5-3-1;1-2-3;;/h1-3H,4H2;2-3H2,1H3;;. The number of hydrogen-bond donors (Lipinski definition) is 1. The summed E-state index contributed by atoms with van der Waals surface area (Å²) in [4.78, 5) is 0. The van der Waals surface area contributed by atoms with Crippen LogP contribution in [0.4, 0.5) is 0 Å². The zero-order valence-electron chi connectivity index (χ0n) is 5.96. The summed E-state index contributed by atoms with van der Waals surface area (Å²) in [5.41, 5.74) is 4.85. The molecule has 60 valence electrons. The molecule has 1 rings (SSSR count). The summed E-state index contributed by atoms with van der Waals surface area (Å²) in [6, 6.07) is 0. The van der Waals surface area contributed by atoms with Crippen LogP contribution in [0, 0.1) is 0 Å². The van der Waals surface area contributed by atoms with Crippen LogP contribution in [0.15, 0.2) is 22.7 Å². The van der Waals surface area contributed by atoms with Crippen LogP contribution in [0.1, 0.15) is 13.3 Å². The van der Waals surface area contributed by atoms with Gasteiger partial charge in [-0.3, -0.25) is 0 Å². The first-order valence-corrected chi connectivity index (χ1v) is 3.56. The van der Waals surface area contributed by atoms with E-state index in [1.807, 2.05) is 19.1 Å². The Morgan fingerprint density at radius 1 is 1.70 bits per heavy atom. The molecule has 1 radical (unpaired) electrons. The van der Waals surface area contributed by atoms with Crippen molar-refractivity contribution in [2.24, 2.45) is 5.73 Å². The Morgan fingerprint density at radius 2 is 2.20 bits per heavy atom. The first-order valence-electron chi connectivity index (χ1n) is 3.01. The molecule has 0 saturated heterocycles. The Hall–Kier alpha value is 0.479. The van der Waals surface area contributed by atoms with Crippen molar-refractivity contribution in [1.29, 1.82) is 0 Å². The van der Waals surface area contributed by atoms with Gasteiger partial charge in [-0.05, 0) is 6.54 Å². The molecule has 0 aromatic rings. The molecule has 0 bridgehead atoms. The van der Waals surface area contributed by atoms with E-state index in [4.69, 9.17) is 5.73 Å². The van der Waals surface area contributed by atoms with Crippen LogP contribution in [0.3, 0.4) is 0 Å². The fourth-order valence-corrected chi connectivity index (χ4v) is 0.652. The summed E-state index contributed by atoms with van der Waals surface area (Å²) >= 11 is 3.74. The first kappa shape index (κ1) is 13.1. The third kappa shape index (κ3) is 8.48. The summed E-state index contributed by atoms with van der Waals surface area (Å²) in [6.45, 7) is 2.65. The van der Waals surface area contributed by atoms with E-state index in [2.05, 4.69) is 22.1 Å². The minimum Gasteiger partial charge on any atom is 0 e. The molecule has 1 aliphatic carbocycles. The maximum Gasteiger partial charge on any atom is 0 e. The van der Waals surface area contributed by atoms with Gasteiger partial charge in [0, 0.05) is 17.1 Å². The molecule has 0 atom stereocenters. The van der Waals surface area contributed by atoms with Gasteiger partial charge in [-0.25, -0.2) is 0 Å². The second-order valence-electron chi connectivity index (χ2n) is 1.64. The summed E-state index contributed by atoms with van der Waals surface area (Å²) in [6.07, 6.45) is 7.21. The maximum absolute atomic E-state index is 4.85. The minimum absolute atomic E-state index is 0. The number of allylic oxidation sites excluding steroid dienone is 4. The summed E-state index contributed by atoms with van der Waals surface area (Å²) in [7, 11) is 0. The third-order valence-electron chi connectivity index (χ3n) is 0.717. The first-order chi connectivity index (χ1) is 4.31. The van der Waals surface area contributed by atoms with E-state index in [-0.39, 0.29) is 17.1 Å². The van der Waals surface area contributed by atoms with E-state index in [9.17, 15) is 0 Å². The molecule has 1 nitrogen and oxygen atoms in total. The average molecular weight is 221 g/mol. The monoisotopic (exact) mass is 221 g/mol. The Morgan fingerprint density at radius 3 is 2.30 bits per heavy atom. The number of nitrogens with two attached hydrogens (primary N) is 1. The molecule has 0 spiro atoms. The SMILES string of the molecule is CCN.[Fe][C]1=CC=CC1.[Mn]. The molecule has 0 unspecified atom stereocenters. The van der Waals surface area contributed by atoms with Gasteiger partial charge in [0.25, 0.3) is 0 Å². The number of rotatable bonds is 0.